The van der Waals surface area contributed by atoms with E-state index in [4.69, 9.17) is 0 Å². The van der Waals surface area contributed by atoms with Crippen molar-refractivity contribution in [1.82, 2.24) is 0 Å². The van der Waals surface area contributed by atoms with E-state index in [1.165, 1.54) is 0 Å². The van der Waals surface area contributed by atoms with Crippen LogP contribution in [0, 0.1) is 16.0 Å². The minimum Gasteiger partial charge on any atom is -0.388 e. The van der Waals surface area contributed by atoms with Crippen LogP contribution < -0.4 is 10.6 Å². The van der Waals surface area contributed by atoms with Crippen LogP contribution in [0.25, 0.3) is 0 Å². The molecule has 0 fully saturated rings. The summed E-state index contributed by atoms with van der Waals surface area (Å²) in [6, 6.07) is 5.09. The van der Waals surface area contributed by atoms with Crippen LogP contribution in [-0.2, 0) is 0 Å². The summed E-state index contributed by atoms with van der Waals surface area (Å²) in [5.41, 5.74) is 0.00846. The largest absolute Gasteiger partial charge is 0.388 e. The third-order valence-electron chi connectivity index (χ3n) is 3.09. The third kappa shape index (κ3) is 5.23. The topological polar surface area (TPSA) is 87.4 Å². The second-order valence-electron chi connectivity index (χ2n) is 5.94. The van der Waals surface area contributed by atoms with E-state index in [-0.39, 0.29) is 12.2 Å². The molecular formula is C15H25N3O3. The maximum atomic E-state index is 11.3. The van der Waals surface area contributed by atoms with Gasteiger partial charge in [-0.25, -0.2) is 0 Å². The number of nitrogens with one attached hydrogen (secondary N) is 2. The first-order chi connectivity index (χ1) is 9.76. The van der Waals surface area contributed by atoms with Crippen molar-refractivity contribution in [3.8, 4) is 0 Å². The molecule has 0 aliphatic rings. The Morgan fingerprint density at radius 3 is 2.38 bits per heavy atom. The Bertz CT molecular complexity index is 487. The molecule has 0 amide bonds. The molecule has 1 aromatic carbocycles. The smallest absolute Gasteiger partial charge is 0.315 e. The van der Waals surface area contributed by atoms with E-state index in [9.17, 15) is 15.2 Å². The highest BCUT2D eigenvalue weighted by Crippen LogP contribution is 2.33. The normalized spacial score (nSPS) is 13.8. The van der Waals surface area contributed by atoms with Crippen LogP contribution in [0.3, 0.4) is 0 Å². The van der Waals surface area contributed by atoms with Crippen LogP contribution in [0.1, 0.15) is 34.1 Å². The Kier molecular flexibility index (Phi) is 5.96. The van der Waals surface area contributed by atoms with Crippen molar-refractivity contribution in [2.24, 2.45) is 5.92 Å². The molecule has 1 unspecified atom stereocenters. The lowest BCUT2D eigenvalue weighted by molar-refractivity contribution is -0.383. The number of nitro benzene ring substituents is 1. The molecule has 0 saturated heterocycles. The van der Waals surface area contributed by atoms with Crippen molar-refractivity contribution in [2.75, 3.05) is 23.7 Å². The lowest BCUT2D eigenvalue weighted by Crippen LogP contribution is -2.35. The Hall–Kier alpha value is -1.82. The third-order valence-corrected chi connectivity index (χ3v) is 3.09. The number of para-hydroxylation sites is 1. The van der Waals surface area contributed by atoms with Gasteiger partial charge in [-0.15, -0.1) is 0 Å². The fourth-order valence-electron chi connectivity index (χ4n) is 2.45. The van der Waals surface area contributed by atoms with Crippen molar-refractivity contribution in [2.45, 2.75) is 39.7 Å². The molecule has 1 rings (SSSR count). The van der Waals surface area contributed by atoms with Gasteiger partial charge >= 0.3 is 5.69 Å². The first-order valence-corrected chi connectivity index (χ1v) is 7.24. The molecule has 0 radical (unpaired) electrons. The molecule has 6 nitrogen and oxygen atoms in total. The average molecular weight is 295 g/mol. The summed E-state index contributed by atoms with van der Waals surface area (Å²) in [6.07, 6.45) is 0.626. The van der Waals surface area contributed by atoms with Gasteiger partial charge in [0, 0.05) is 13.1 Å². The summed E-state index contributed by atoms with van der Waals surface area (Å²) in [5.74, 6) is 0.352. The number of nitro groups is 1. The molecule has 0 aliphatic carbocycles. The summed E-state index contributed by atoms with van der Waals surface area (Å²) in [5, 5.41) is 27.6. The van der Waals surface area contributed by atoms with E-state index >= 15 is 0 Å². The Morgan fingerprint density at radius 2 is 1.90 bits per heavy atom. The molecule has 0 heterocycles. The Labute approximate surface area is 125 Å². The van der Waals surface area contributed by atoms with Crippen molar-refractivity contribution < 1.29 is 10.0 Å². The van der Waals surface area contributed by atoms with Gasteiger partial charge in [0.15, 0.2) is 0 Å². The maximum Gasteiger partial charge on any atom is 0.315 e. The standard InChI is InChI=1S/C15H25N3O3/c1-5-16-12-7-6-8-13(14(12)18(20)21)17-10-15(4,19)9-11(2)3/h6-8,11,16-17,19H,5,9-10H2,1-4H3. The van der Waals surface area contributed by atoms with E-state index in [0.29, 0.717) is 30.3 Å². The van der Waals surface area contributed by atoms with Crippen LogP contribution in [-0.4, -0.2) is 28.7 Å². The molecule has 0 aromatic heterocycles. The summed E-state index contributed by atoms with van der Waals surface area (Å²) in [4.78, 5) is 10.9. The van der Waals surface area contributed by atoms with Crippen molar-refractivity contribution in [1.29, 1.82) is 0 Å². The molecule has 21 heavy (non-hydrogen) atoms. The number of benzene rings is 1. The van der Waals surface area contributed by atoms with E-state index in [0.717, 1.165) is 0 Å². The molecule has 118 valence electrons. The number of anilines is 2. The molecule has 1 atom stereocenters. The van der Waals surface area contributed by atoms with E-state index in [1.54, 1.807) is 25.1 Å². The lowest BCUT2D eigenvalue weighted by atomic mass is 9.94. The number of rotatable bonds is 8. The highest BCUT2D eigenvalue weighted by molar-refractivity contribution is 5.76. The van der Waals surface area contributed by atoms with Crippen molar-refractivity contribution >= 4 is 17.1 Å². The molecule has 0 bridgehead atoms. The van der Waals surface area contributed by atoms with Gasteiger partial charge in [-0.2, -0.15) is 0 Å². The maximum absolute atomic E-state index is 11.3. The quantitative estimate of drug-likeness (QED) is 0.506. The van der Waals surface area contributed by atoms with Crippen molar-refractivity contribution in [3.05, 3.63) is 28.3 Å². The summed E-state index contributed by atoms with van der Waals surface area (Å²) >= 11 is 0. The van der Waals surface area contributed by atoms with Gasteiger partial charge in [0.05, 0.1) is 10.5 Å². The number of hydrogen-bond donors (Lipinski definition) is 3. The van der Waals surface area contributed by atoms with Gasteiger partial charge in [0.25, 0.3) is 0 Å². The van der Waals surface area contributed by atoms with Crippen molar-refractivity contribution in [3.63, 3.8) is 0 Å². The average Bonchev–Trinajstić information content (AvgIpc) is 2.35. The Morgan fingerprint density at radius 1 is 1.33 bits per heavy atom. The monoisotopic (exact) mass is 295 g/mol. The second kappa shape index (κ2) is 7.26. The molecule has 6 heteroatoms. The van der Waals surface area contributed by atoms with E-state index < -0.39 is 10.5 Å². The predicted molar refractivity (Wildman–Crippen MR) is 85.8 cm³/mol. The van der Waals surface area contributed by atoms with Gasteiger partial charge in [-0.1, -0.05) is 19.9 Å². The van der Waals surface area contributed by atoms with E-state index in [2.05, 4.69) is 10.6 Å². The van der Waals surface area contributed by atoms with Crippen LogP contribution >= 0.6 is 0 Å². The highest BCUT2D eigenvalue weighted by atomic mass is 16.6. The number of hydrogen-bond acceptors (Lipinski definition) is 5. The first-order valence-electron chi connectivity index (χ1n) is 7.24. The zero-order valence-electron chi connectivity index (χ0n) is 13.1. The van der Waals surface area contributed by atoms with Gasteiger partial charge in [-0.3, -0.25) is 10.1 Å². The van der Waals surface area contributed by atoms with Gasteiger partial charge in [0.1, 0.15) is 11.4 Å². The minimum absolute atomic E-state index is 0.0136. The van der Waals surface area contributed by atoms with Crippen LogP contribution in [0.15, 0.2) is 18.2 Å². The fraction of sp³-hybridized carbons (Fsp3) is 0.600. The number of aliphatic hydroxyl groups is 1. The molecular weight excluding hydrogens is 270 g/mol. The Balaban J connectivity index is 2.93. The van der Waals surface area contributed by atoms with Crippen LogP contribution in [0.4, 0.5) is 17.1 Å². The molecule has 0 saturated carbocycles. The second-order valence-corrected chi connectivity index (χ2v) is 5.94. The molecule has 3 N–H and O–H groups in total. The van der Waals surface area contributed by atoms with E-state index in [1.807, 2.05) is 20.8 Å². The lowest BCUT2D eigenvalue weighted by Gasteiger charge is -2.26. The zero-order chi connectivity index (χ0) is 16.0. The molecule has 0 aliphatic heterocycles. The predicted octanol–water partition coefficient (Wildman–Crippen LogP) is 3.24. The van der Waals surface area contributed by atoms with Gasteiger partial charge in [0.2, 0.25) is 0 Å². The number of nitrogens with zero attached hydrogens (tertiary/aromatic N) is 1. The molecule has 0 spiro atoms. The van der Waals surface area contributed by atoms with Crippen LogP contribution in [0.5, 0.6) is 0 Å². The zero-order valence-corrected chi connectivity index (χ0v) is 13.1. The van der Waals surface area contributed by atoms with Crippen LogP contribution in [0.2, 0.25) is 0 Å². The fourth-order valence-corrected chi connectivity index (χ4v) is 2.45. The highest BCUT2D eigenvalue weighted by Gasteiger charge is 2.24. The van der Waals surface area contributed by atoms with Gasteiger partial charge in [-0.05, 0) is 38.3 Å². The van der Waals surface area contributed by atoms with Gasteiger partial charge < -0.3 is 15.7 Å². The summed E-state index contributed by atoms with van der Waals surface area (Å²) in [7, 11) is 0. The summed E-state index contributed by atoms with van der Waals surface area (Å²) in [6.45, 7) is 8.56. The summed E-state index contributed by atoms with van der Waals surface area (Å²) < 4.78 is 0. The SMILES string of the molecule is CCNc1cccc(NCC(C)(O)CC(C)C)c1[N+](=O)[O-]. The first kappa shape index (κ1) is 17.2. The molecule has 1 aromatic rings. The minimum atomic E-state index is -0.907.